The van der Waals surface area contributed by atoms with E-state index in [1.807, 2.05) is 4.90 Å². The summed E-state index contributed by atoms with van der Waals surface area (Å²) < 4.78 is 1.75. The van der Waals surface area contributed by atoms with Gasteiger partial charge in [-0.2, -0.15) is 0 Å². The average Bonchev–Trinajstić information content (AvgIpc) is 2.98. The molecule has 2 saturated heterocycles. The Morgan fingerprint density at radius 3 is 2.90 bits per heavy atom. The van der Waals surface area contributed by atoms with Crippen LogP contribution in [0.3, 0.4) is 0 Å². The van der Waals surface area contributed by atoms with E-state index < -0.39 is 11.2 Å². The Bertz CT molecular complexity index is 666. The molecular formula is C14H17N3O3. The highest BCUT2D eigenvalue weighted by Crippen LogP contribution is 2.35. The molecular weight excluding hydrogens is 258 g/mol. The van der Waals surface area contributed by atoms with Crippen LogP contribution in [-0.2, 0) is 6.54 Å². The van der Waals surface area contributed by atoms with Crippen molar-refractivity contribution < 1.29 is 9.90 Å². The molecule has 1 aromatic heterocycles. The number of pyridine rings is 1. The van der Waals surface area contributed by atoms with Crippen molar-refractivity contribution in [2.45, 2.75) is 38.5 Å². The number of aromatic hydroxyl groups is 1. The first-order valence-electron chi connectivity index (χ1n) is 7.07. The number of aryl methyl sites for hydroxylation is 1. The van der Waals surface area contributed by atoms with E-state index in [9.17, 15) is 14.7 Å². The molecule has 3 aliphatic heterocycles. The van der Waals surface area contributed by atoms with Crippen molar-refractivity contribution in [2.24, 2.45) is 0 Å². The molecule has 106 valence electrons. The van der Waals surface area contributed by atoms with Crippen molar-refractivity contribution in [3.8, 4) is 5.75 Å². The maximum absolute atomic E-state index is 12.6. The molecule has 0 aromatic carbocycles. The second-order valence-corrected chi connectivity index (χ2v) is 5.96. The number of amides is 1. The Balaban J connectivity index is 1.84. The zero-order chi connectivity index (χ0) is 14.0. The lowest BCUT2D eigenvalue weighted by atomic mass is 10.1. The molecule has 2 fully saturated rings. The standard InChI is InChI=1S/C14H17N3O3/c1-8-5-15-7-10-16-4-2-3-9(16)6-17(10)14(20)11(15)13(19)12(8)18/h5,9-10,19H,2-4,6-7H2,1H3/t9-,10+/m1/s1. The van der Waals surface area contributed by atoms with Crippen molar-refractivity contribution >= 4 is 5.91 Å². The second-order valence-electron chi connectivity index (χ2n) is 5.96. The summed E-state index contributed by atoms with van der Waals surface area (Å²) in [5, 5.41) is 10.0. The third-order valence-corrected chi connectivity index (χ3v) is 4.83. The highest BCUT2D eigenvalue weighted by molar-refractivity contribution is 5.96. The third kappa shape index (κ3) is 1.37. The Kier molecular flexibility index (Phi) is 2.30. The third-order valence-electron chi connectivity index (χ3n) is 4.83. The number of fused-ring (bicyclic) bond motifs is 4. The van der Waals surface area contributed by atoms with Crippen LogP contribution in [0.4, 0.5) is 0 Å². The minimum atomic E-state index is -0.442. The number of aromatic nitrogens is 1. The first-order valence-corrected chi connectivity index (χ1v) is 7.07. The lowest BCUT2D eigenvalue weighted by Gasteiger charge is -2.35. The van der Waals surface area contributed by atoms with Gasteiger partial charge in [0.15, 0.2) is 11.4 Å². The van der Waals surface area contributed by atoms with E-state index in [2.05, 4.69) is 4.90 Å². The lowest BCUT2D eigenvalue weighted by molar-refractivity contribution is 0.0515. The van der Waals surface area contributed by atoms with Crippen LogP contribution in [0, 0.1) is 6.92 Å². The SMILES string of the molecule is Cc1cn2c(c(O)c1=O)C(=O)N1C[C@H]3CCCN3[C@@H]1C2. The molecule has 6 heteroatoms. The van der Waals surface area contributed by atoms with Gasteiger partial charge in [0.2, 0.25) is 5.43 Å². The first-order chi connectivity index (χ1) is 9.58. The quantitative estimate of drug-likeness (QED) is 0.730. The van der Waals surface area contributed by atoms with E-state index in [0.717, 1.165) is 13.0 Å². The summed E-state index contributed by atoms with van der Waals surface area (Å²) in [7, 11) is 0. The van der Waals surface area contributed by atoms with Crippen LogP contribution in [0.15, 0.2) is 11.0 Å². The molecule has 0 bridgehead atoms. The van der Waals surface area contributed by atoms with Crippen LogP contribution in [0.25, 0.3) is 0 Å². The highest BCUT2D eigenvalue weighted by atomic mass is 16.3. The average molecular weight is 275 g/mol. The molecule has 0 aliphatic carbocycles. The summed E-state index contributed by atoms with van der Waals surface area (Å²) in [6.45, 7) is 4.04. The molecule has 3 aliphatic rings. The summed E-state index contributed by atoms with van der Waals surface area (Å²) in [5.41, 5.74) is 0.184. The van der Waals surface area contributed by atoms with Gasteiger partial charge >= 0.3 is 0 Å². The van der Waals surface area contributed by atoms with E-state index in [1.54, 1.807) is 17.7 Å². The van der Waals surface area contributed by atoms with Crippen LogP contribution >= 0.6 is 0 Å². The monoisotopic (exact) mass is 275 g/mol. The number of nitrogens with zero attached hydrogens (tertiary/aromatic N) is 3. The Hall–Kier alpha value is -1.82. The maximum Gasteiger partial charge on any atom is 0.275 e. The van der Waals surface area contributed by atoms with Crippen molar-refractivity contribution in [2.75, 3.05) is 13.1 Å². The second kappa shape index (κ2) is 3.85. The summed E-state index contributed by atoms with van der Waals surface area (Å²) in [6, 6.07) is 0.439. The minimum Gasteiger partial charge on any atom is -0.503 e. The molecule has 0 spiro atoms. The van der Waals surface area contributed by atoms with E-state index >= 15 is 0 Å². The molecule has 20 heavy (non-hydrogen) atoms. The van der Waals surface area contributed by atoms with Crippen LogP contribution in [-0.4, -0.2) is 50.7 Å². The molecule has 1 N–H and O–H groups in total. The molecule has 0 unspecified atom stereocenters. The van der Waals surface area contributed by atoms with E-state index in [4.69, 9.17) is 0 Å². The molecule has 6 nitrogen and oxygen atoms in total. The first kappa shape index (κ1) is 12.0. The van der Waals surface area contributed by atoms with Gasteiger partial charge in [-0.1, -0.05) is 0 Å². The van der Waals surface area contributed by atoms with Crippen LogP contribution in [0.2, 0.25) is 0 Å². The van der Waals surface area contributed by atoms with Crippen molar-refractivity contribution in [3.63, 3.8) is 0 Å². The fraction of sp³-hybridized carbons (Fsp3) is 0.571. The number of rotatable bonds is 0. The van der Waals surface area contributed by atoms with Gasteiger partial charge in [-0.15, -0.1) is 0 Å². The van der Waals surface area contributed by atoms with Gasteiger partial charge in [0.25, 0.3) is 5.91 Å². The zero-order valence-electron chi connectivity index (χ0n) is 11.4. The molecule has 4 rings (SSSR count). The highest BCUT2D eigenvalue weighted by Gasteiger charge is 2.47. The van der Waals surface area contributed by atoms with E-state index in [1.165, 1.54) is 6.42 Å². The molecule has 2 atom stereocenters. The zero-order valence-corrected chi connectivity index (χ0v) is 11.4. The predicted octanol–water partition coefficient (Wildman–Crippen LogP) is 0.122. The van der Waals surface area contributed by atoms with Gasteiger partial charge in [-0.3, -0.25) is 14.5 Å². The van der Waals surface area contributed by atoms with Crippen LogP contribution < -0.4 is 5.43 Å². The maximum atomic E-state index is 12.6. The van der Waals surface area contributed by atoms with Gasteiger partial charge in [0, 0.05) is 30.9 Å². The summed E-state index contributed by atoms with van der Waals surface area (Å²) in [6.07, 6.45) is 4.07. The van der Waals surface area contributed by atoms with E-state index in [-0.39, 0.29) is 17.8 Å². The number of hydrogen-bond acceptors (Lipinski definition) is 4. The number of carbonyl (C=O) groups excluding carboxylic acids is 1. The molecule has 1 aromatic rings. The molecule has 4 heterocycles. The fourth-order valence-electron chi connectivity index (χ4n) is 3.86. The largest absolute Gasteiger partial charge is 0.503 e. The topological polar surface area (TPSA) is 65.8 Å². The summed E-state index contributed by atoms with van der Waals surface area (Å²) in [4.78, 5) is 28.6. The van der Waals surface area contributed by atoms with Gasteiger partial charge < -0.3 is 14.6 Å². The molecule has 1 amide bonds. The number of hydrogen-bond donors (Lipinski definition) is 1. The van der Waals surface area contributed by atoms with E-state index in [0.29, 0.717) is 24.7 Å². The van der Waals surface area contributed by atoms with Crippen molar-refractivity contribution in [3.05, 3.63) is 27.7 Å². The van der Waals surface area contributed by atoms with Gasteiger partial charge in [-0.25, -0.2) is 0 Å². The minimum absolute atomic E-state index is 0.0730. The predicted molar refractivity (Wildman–Crippen MR) is 71.7 cm³/mol. The summed E-state index contributed by atoms with van der Waals surface area (Å²) >= 11 is 0. The molecule has 0 saturated carbocycles. The van der Waals surface area contributed by atoms with Crippen molar-refractivity contribution in [1.82, 2.24) is 14.4 Å². The Labute approximate surface area is 116 Å². The van der Waals surface area contributed by atoms with Gasteiger partial charge in [0.1, 0.15) is 6.17 Å². The summed E-state index contributed by atoms with van der Waals surface area (Å²) in [5.74, 6) is -0.620. The fourth-order valence-corrected chi connectivity index (χ4v) is 3.86. The number of carbonyl (C=O) groups is 1. The van der Waals surface area contributed by atoms with Gasteiger partial charge in [0.05, 0.1) is 6.54 Å². The Morgan fingerprint density at radius 2 is 2.10 bits per heavy atom. The van der Waals surface area contributed by atoms with Crippen LogP contribution in [0.5, 0.6) is 5.75 Å². The lowest BCUT2D eigenvalue weighted by Crippen LogP contribution is -2.50. The van der Waals surface area contributed by atoms with Crippen LogP contribution in [0.1, 0.15) is 28.9 Å². The normalized spacial score (nSPS) is 28.4. The Morgan fingerprint density at radius 1 is 1.30 bits per heavy atom. The van der Waals surface area contributed by atoms with Crippen molar-refractivity contribution in [1.29, 1.82) is 0 Å². The smallest absolute Gasteiger partial charge is 0.275 e. The van der Waals surface area contributed by atoms with Gasteiger partial charge in [-0.05, 0) is 19.8 Å². The molecule has 0 radical (unpaired) electrons.